The number of ether oxygens (including phenoxy) is 2. The van der Waals surface area contributed by atoms with Crippen LogP contribution in [0.3, 0.4) is 0 Å². The Kier molecular flexibility index (Phi) is 9.33. The van der Waals surface area contributed by atoms with Crippen molar-refractivity contribution in [3.8, 4) is 22.6 Å². The van der Waals surface area contributed by atoms with Crippen LogP contribution in [0.25, 0.3) is 21.9 Å². The highest BCUT2D eigenvalue weighted by molar-refractivity contribution is 5.83. The molecule has 0 bridgehead atoms. The first-order valence-electron chi connectivity index (χ1n) is 14.3. The fourth-order valence-corrected chi connectivity index (χ4v) is 5.09. The van der Waals surface area contributed by atoms with Gasteiger partial charge in [-0.25, -0.2) is 0 Å². The van der Waals surface area contributed by atoms with Gasteiger partial charge in [-0.05, 0) is 82.5 Å². The molecule has 4 nitrogen and oxygen atoms in total. The van der Waals surface area contributed by atoms with Crippen LogP contribution in [0.15, 0.2) is 109 Å². The van der Waals surface area contributed by atoms with Crippen molar-refractivity contribution in [1.82, 2.24) is 5.32 Å². The van der Waals surface area contributed by atoms with Gasteiger partial charge >= 0.3 is 0 Å². The molecule has 0 aliphatic heterocycles. The molecule has 1 N–H and O–H groups in total. The van der Waals surface area contributed by atoms with E-state index in [4.69, 9.17) is 9.47 Å². The van der Waals surface area contributed by atoms with Crippen LogP contribution >= 0.6 is 0 Å². The van der Waals surface area contributed by atoms with Crippen molar-refractivity contribution in [2.24, 2.45) is 0 Å². The summed E-state index contributed by atoms with van der Waals surface area (Å²) >= 11 is 0. The Morgan fingerprint density at radius 1 is 0.707 bits per heavy atom. The van der Waals surface area contributed by atoms with Crippen molar-refractivity contribution in [1.29, 1.82) is 0 Å². The van der Waals surface area contributed by atoms with Gasteiger partial charge in [-0.15, -0.1) is 0 Å². The molecule has 0 aliphatic rings. The Bertz CT molecular complexity index is 1610. The first-order chi connectivity index (χ1) is 20.1. The maximum atomic E-state index is 11.2. The Labute approximate surface area is 243 Å². The summed E-state index contributed by atoms with van der Waals surface area (Å²) in [6.45, 7) is 5.35. The molecule has 1 amide bonds. The molecule has 0 fully saturated rings. The summed E-state index contributed by atoms with van der Waals surface area (Å²) in [5.74, 6) is 1.63. The van der Waals surface area contributed by atoms with E-state index in [1.54, 1.807) is 6.92 Å². The van der Waals surface area contributed by atoms with E-state index in [1.807, 2.05) is 18.2 Å². The van der Waals surface area contributed by atoms with Crippen LogP contribution in [0.5, 0.6) is 11.5 Å². The Morgan fingerprint density at radius 3 is 2.34 bits per heavy atom. The number of nitrogens with one attached hydrogen (secondary N) is 1. The summed E-state index contributed by atoms with van der Waals surface area (Å²) in [4.78, 5) is 11.2. The van der Waals surface area contributed by atoms with Crippen LogP contribution in [0.4, 0.5) is 0 Å². The number of amides is 1. The topological polar surface area (TPSA) is 47.6 Å². The number of carbonyl (C=O) groups is 1. The van der Waals surface area contributed by atoms with Crippen molar-refractivity contribution in [2.75, 3.05) is 6.54 Å². The number of hydrogen-bond acceptors (Lipinski definition) is 3. The summed E-state index contributed by atoms with van der Waals surface area (Å²) in [6, 6.07) is 37.8. The molecule has 0 saturated heterocycles. The second kappa shape index (κ2) is 13.7. The number of rotatable bonds is 12. The van der Waals surface area contributed by atoms with Gasteiger partial charge in [-0.1, -0.05) is 91.0 Å². The lowest BCUT2D eigenvalue weighted by molar-refractivity contribution is -0.118. The Hall–Kier alpha value is -4.57. The summed E-state index contributed by atoms with van der Waals surface area (Å²) in [5, 5.41) is 5.30. The third-order valence-electron chi connectivity index (χ3n) is 7.42. The summed E-state index contributed by atoms with van der Waals surface area (Å²) in [6.07, 6.45) is 2.74. The van der Waals surface area contributed by atoms with Gasteiger partial charge in [0, 0.05) is 19.5 Å². The molecule has 4 heteroatoms. The van der Waals surface area contributed by atoms with Crippen LogP contribution < -0.4 is 14.8 Å². The highest BCUT2D eigenvalue weighted by Crippen LogP contribution is 2.30. The molecule has 0 spiro atoms. The highest BCUT2D eigenvalue weighted by Gasteiger charge is 2.10. The largest absolute Gasteiger partial charge is 0.489 e. The van der Waals surface area contributed by atoms with Gasteiger partial charge in [-0.3, -0.25) is 4.79 Å². The minimum Gasteiger partial charge on any atom is -0.489 e. The lowest BCUT2D eigenvalue weighted by atomic mass is 9.97. The van der Waals surface area contributed by atoms with E-state index in [0.717, 1.165) is 47.5 Å². The number of fused-ring (bicyclic) bond motifs is 1. The van der Waals surface area contributed by atoms with Crippen molar-refractivity contribution < 1.29 is 14.3 Å². The number of aryl methyl sites for hydroxylation is 1. The molecule has 0 heterocycles. The average Bonchev–Trinajstić information content (AvgIpc) is 3.00. The molecule has 0 radical (unpaired) electrons. The number of hydrogen-bond donors (Lipinski definition) is 1. The van der Waals surface area contributed by atoms with Crippen molar-refractivity contribution in [3.63, 3.8) is 0 Å². The van der Waals surface area contributed by atoms with Crippen molar-refractivity contribution in [2.45, 2.75) is 46.3 Å². The molecule has 0 saturated carbocycles. The monoisotopic (exact) mass is 543 g/mol. The molecule has 0 atom stereocenters. The van der Waals surface area contributed by atoms with Gasteiger partial charge in [0.1, 0.15) is 24.7 Å². The molecule has 5 aromatic carbocycles. The second-order valence-electron chi connectivity index (χ2n) is 10.4. The predicted octanol–water partition coefficient (Wildman–Crippen LogP) is 8.43. The van der Waals surface area contributed by atoms with Gasteiger partial charge in [0.05, 0.1) is 0 Å². The molecule has 208 valence electrons. The lowest BCUT2D eigenvalue weighted by Crippen LogP contribution is -2.20. The SMILES string of the molecule is CC(=O)NCCCCc1ccc(OCc2cccc(-c3ccccc3)c2C)cc1OCc1ccc2ccccc2c1. The highest BCUT2D eigenvalue weighted by atomic mass is 16.5. The fraction of sp³-hybridized carbons (Fsp3) is 0.216. The zero-order chi connectivity index (χ0) is 28.4. The van der Waals surface area contributed by atoms with Crippen LogP contribution in [0.1, 0.15) is 42.0 Å². The van der Waals surface area contributed by atoms with E-state index in [2.05, 4.69) is 103 Å². The first-order valence-corrected chi connectivity index (χ1v) is 14.3. The Morgan fingerprint density at radius 2 is 1.51 bits per heavy atom. The molecule has 5 aromatic rings. The van der Waals surface area contributed by atoms with Gasteiger partial charge < -0.3 is 14.8 Å². The average molecular weight is 544 g/mol. The summed E-state index contributed by atoms with van der Waals surface area (Å²) in [5.41, 5.74) is 7.08. The molecule has 41 heavy (non-hydrogen) atoms. The lowest BCUT2D eigenvalue weighted by Gasteiger charge is -2.16. The third kappa shape index (κ3) is 7.55. The number of carbonyl (C=O) groups excluding carboxylic acids is 1. The smallest absolute Gasteiger partial charge is 0.216 e. The number of benzene rings is 5. The zero-order valence-corrected chi connectivity index (χ0v) is 23.9. The van der Waals surface area contributed by atoms with E-state index in [1.165, 1.54) is 27.5 Å². The van der Waals surface area contributed by atoms with E-state index >= 15 is 0 Å². The van der Waals surface area contributed by atoms with Crippen LogP contribution in [-0.2, 0) is 24.4 Å². The zero-order valence-electron chi connectivity index (χ0n) is 23.9. The van der Waals surface area contributed by atoms with Gasteiger partial charge in [0.2, 0.25) is 5.91 Å². The molecular weight excluding hydrogens is 506 g/mol. The normalized spacial score (nSPS) is 10.9. The Balaban J connectivity index is 1.31. The van der Waals surface area contributed by atoms with Crippen LogP contribution in [0, 0.1) is 6.92 Å². The maximum Gasteiger partial charge on any atom is 0.216 e. The first kappa shape index (κ1) is 28.0. The molecule has 5 rings (SSSR count). The predicted molar refractivity (Wildman–Crippen MR) is 167 cm³/mol. The fourth-order valence-electron chi connectivity index (χ4n) is 5.09. The van der Waals surface area contributed by atoms with Crippen LogP contribution in [0.2, 0.25) is 0 Å². The quantitative estimate of drug-likeness (QED) is 0.161. The van der Waals surface area contributed by atoms with E-state index < -0.39 is 0 Å². The second-order valence-corrected chi connectivity index (χ2v) is 10.4. The molecular formula is C37H37NO3. The maximum absolute atomic E-state index is 11.2. The third-order valence-corrected chi connectivity index (χ3v) is 7.42. The van der Waals surface area contributed by atoms with Gasteiger partial charge in [-0.2, -0.15) is 0 Å². The van der Waals surface area contributed by atoms with E-state index in [9.17, 15) is 4.79 Å². The molecule has 0 aliphatic carbocycles. The molecule has 0 unspecified atom stereocenters. The van der Waals surface area contributed by atoms with E-state index in [-0.39, 0.29) is 5.91 Å². The van der Waals surface area contributed by atoms with E-state index in [0.29, 0.717) is 19.8 Å². The minimum atomic E-state index is 0.00968. The van der Waals surface area contributed by atoms with Gasteiger partial charge in [0.25, 0.3) is 0 Å². The van der Waals surface area contributed by atoms with Crippen molar-refractivity contribution >= 4 is 16.7 Å². The van der Waals surface area contributed by atoms with Gasteiger partial charge in [0.15, 0.2) is 0 Å². The minimum absolute atomic E-state index is 0.00968. The summed E-state index contributed by atoms with van der Waals surface area (Å²) < 4.78 is 12.7. The number of unbranched alkanes of at least 4 members (excludes halogenated alkanes) is 1. The standard InChI is InChI=1S/C37H37NO3/c1-27-34(16-10-17-36(27)31-12-4-3-5-13-31)26-40-35-21-20-32(14-8-9-22-38-28(2)39)37(24-35)41-25-29-18-19-30-11-6-7-15-33(30)23-29/h3-7,10-13,15-21,23-24H,8-9,14,22,25-26H2,1-2H3,(H,38,39). The van der Waals surface area contributed by atoms with Crippen LogP contribution in [-0.4, -0.2) is 12.5 Å². The summed E-state index contributed by atoms with van der Waals surface area (Å²) in [7, 11) is 0. The molecule has 0 aromatic heterocycles. The van der Waals surface area contributed by atoms with Crippen molar-refractivity contribution in [3.05, 3.63) is 131 Å².